The first-order valence-corrected chi connectivity index (χ1v) is 12.9. The van der Waals surface area contributed by atoms with Gasteiger partial charge in [0.05, 0.1) is 5.56 Å². The molecule has 3 aromatic rings. The standard InChI is InChI=1S/C27H23F4N5O5/c28-22-14(3-4-15-12-35(25(39)21(15)22)18-5-6-20(37)34-24(18)38)11-33-26(40)41-17-9-16(10-17)36-19(27(29,30)31)8-13-2-1-7-32-23(13)36/h1-4,7-8,16-18H,5-6,9-12H2,(H,33,40)(H,34,37,38)/t16?,17?,18-/m1/s1. The first-order valence-electron chi connectivity index (χ1n) is 12.9. The van der Waals surface area contributed by atoms with Crippen molar-refractivity contribution in [1.82, 2.24) is 25.1 Å². The summed E-state index contributed by atoms with van der Waals surface area (Å²) in [6, 6.07) is 5.65. The van der Waals surface area contributed by atoms with E-state index in [1.54, 1.807) is 12.1 Å². The van der Waals surface area contributed by atoms with Crippen LogP contribution in [0.15, 0.2) is 36.5 Å². The molecule has 6 rings (SSSR count). The molecule has 4 heterocycles. The fraction of sp³-hybridized carbons (Fsp3) is 0.370. The van der Waals surface area contributed by atoms with Crippen molar-refractivity contribution in [3.8, 4) is 0 Å². The zero-order valence-electron chi connectivity index (χ0n) is 21.3. The molecule has 2 fully saturated rings. The van der Waals surface area contributed by atoms with Crippen molar-refractivity contribution in [2.75, 3.05) is 0 Å². The first kappa shape index (κ1) is 26.7. The van der Waals surface area contributed by atoms with Gasteiger partial charge >= 0.3 is 12.3 Å². The van der Waals surface area contributed by atoms with Crippen LogP contribution in [0.4, 0.5) is 22.4 Å². The molecule has 1 saturated heterocycles. The van der Waals surface area contributed by atoms with Gasteiger partial charge in [-0.2, -0.15) is 13.2 Å². The lowest BCUT2D eigenvalue weighted by molar-refractivity contribution is -0.145. The molecule has 14 heteroatoms. The zero-order chi connectivity index (χ0) is 29.1. The van der Waals surface area contributed by atoms with Crippen LogP contribution in [-0.2, 0) is 33.6 Å². The van der Waals surface area contributed by atoms with Crippen LogP contribution in [0.5, 0.6) is 0 Å². The smallest absolute Gasteiger partial charge is 0.431 e. The molecule has 2 aliphatic heterocycles. The van der Waals surface area contributed by atoms with E-state index < -0.39 is 59.7 Å². The van der Waals surface area contributed by atoms with E-state index in [9.17, 15) is 32.3 Å². The number of fused-ring (bicyclic) bond motifs is 2. The Morgan fingerprint density at radius 3 is 2.68 bits per heavy atom. The maximum absolute atomic E-state index is 15.3. The van der Waals surface area contributed by atoms with Crippen molar-refractivity contribution in [2.45, 2.75) is 63.1 Å². The lowest BCUT2D eigenvalue weighted by atomic mass is 9.88. The molecule has 1 saturated carbocycles. The van der Waals surface area contributed by atoms with Crippen LogP contribution in [0.2, 0.25) is 0 Å². The zero-order valence-corrected chi connectivity index (χ0v) is 21.3. The number of pyridine rings is 1. The molecule has 2 aromatic heterocycles. The number of aromatic nitrogens is 2. The Bertz CT molecular complexity index is 1600. The van der Waals surface area contributed by atoms with E-state index in [4.69, 9.17) is 4.74 Å². The SMILES string of the molecule is O=C1CC[C@@H](N2Cc3ccc(CNC(=O)OC4CC(n5c(C(F)(F)F)cc6cccnc65)C4)c(F)c3C2=O)C(=O)N1. The van der Waals surface area contributed by atoms with Crippen molar-refractivity contribution in [3.05, 3.63) is 64.7 Å². The van der Waals surface area contributed by atoms with Gasteiger partial charge in [0.1, 0.15) is 29.3 Å². The van der Waals surface area contributed by atoms with Gasteiger partial charge in [-0.3, -0.25) is 19.7 Å². The number of halogens is 4. The molecule has 0 bridgehead atoms. The number of alkyl carbamates (subject to hydrolysis) is 1. The van der Waals surface area contributed by atoms with Gasteiger partial charge < -0.3 is 19.5 Å². The molecule has 41 heavy (non-hydrogen) atoms. The first-order chi connectivity index (χ1) is 19.5. The van der Waals surface area contributed by atoms with Gasteiger partial charge in [0.25, 0.3) is 5.91 Å². The van der Waals surface area contributed by atoms with E-state index in [0.717, 1.165) is 10.6 Å². The summed E-state index contributed by atoms with van der Waals surface area (Å²) in [6.07, 6.45) is -4.18. The molecular formula is C27H23F4N5O5. The number of carbonyl (C=O) groups is 4. The summed E-state index contributed by atoms with van der Waals surface area (Å²) in [5.74, 6) is -2.55. The Balaban J connectivity index is 1.06. The molecule has 0 unspecified atom stereocenters. The second kappa shape index (κ2) is 9.85. The second-order valence-electron chi connectivity index (χ2n) is 10.3. The summed E-state index contributed by atoms with van der Waals surface area (Å²) in [5.41, 5.74) is -0.417. The highest BCUT2D eigenvalue weighted by atomic mass is 19.4. The Kier molecular flexibility index (Phi) is 6.42. The van der Waals surface area contributed by atoms with Crippen LogP contribution in [0.1, 0.15) is 58.9 Å². The van der Waals surface area contributed by atoms with Crippen LogP contribution in [0.25, 0.3) is 11.0 Å². The summed E-state index contributed by atoms with van der Waals surface area (Å²) < 4.78 is 62.6. The van der Waals surface area contributed by atoms with E-state index in [1.807, 2.05) is 0 Å². The van der Waals surface area contributed by atoms with E-state index in [1.165, 1.54) is 23.2 Å². The number of nitrogens with zero attached hydrogens (tertiary/aromatic N) is 3. The second-order valence-corrected chi connectivity index (χ2v) is 10.3. The number of imide groups is 1. The largest absolute Gasteiger partial charge is 0.446 e. The predicted molar refractivity (Wildman–Crippen MR) is 133 cm³/mol. The normalized spacial score (nSPS) is 22.4. The topological polar surface area (TPSA) is 123 Å². The quantitative estimate of drug-likeness (QED) is 0.356. The maximum atomic E-state index is 15.3. The monoisotopic (exact) mass is 573 g/mol. The minimum atomic E-state index is -4.58. The molecular weight excluding hydrogens is 550 g/mol. The molecule has 0 radical (unpaired) electrons. The van der Waals surface area contributed by atoms with Gasteiger partial charge in [-0.25, -0.2) is 14.2 Å². The minimum Gasteiger partial charge on any atom is -0.446 e. The average molecular weight is 574 g/mol. The van der Waals surface area contributed by atoms with Crippen molar-refractivity contribution in [1.29, 1.82) is 0 Å². The molecule has 0 spiro atoms. The summed E-state index contributed by atoms with van der Waals surface area (Å²) in [6.45, 7) is -0.289. The Labute approximate surface area is 229 Å². The number of amides is 4. The summed E-state index contributed by atoms with van der Waals surface area (Å²) in [7, 11) is 0. The number of alkyl halides is 3. The number of nitrogens with one attached hydrogen (secondary N) is 2. The molecule has 4 amide bonds. The number of benzene rings is 1. The Hall–Kier alpha value is -4.49. The highest BCUT2D eigenvalue weighted by Gasteiger charge is 2.43. The van der Waals surface area contributed by atoms with Gasteiger partial charge in [0.2, 0.25) is 11.8 Å². The Morgan fingerprint density at radius 2 is 1.95 bits per heavy atom. The number of carbonyl (C=O) groups excluding carboxylic acids is 4. The van der Waals surface area contributed by atoms with Gasteiger partial charge in [-0.15, -0.1) is 0 Å². The third-order valence-electron chi connectivity index (χ3n) is 7.73. The van der Waals surface area contributed by atoms with Crippen LogP contribution in [0.3, 0.4) is 0 Å². The minimum absolute atomic E-state index is 0.0121. The van der Waals surface area contributed by atoms with Crippen LogP contribution >= 0.6 is 0 Å². The number of hydrogen-bond donors (Lipinski definition) is 2. The predicted octanol–water partition coefficient (Wildman–Crippen LogP) is 3.59. The van der Waals surface area contributed by atoms with Crippen LogP contribution in [-0.4, -0.2) is 50.4 Å². The van der Waals surface area contributed by atoms with Crippen molar-refractivity contribution < 1.29 is 41.5 Å². The van der Waals surface area contributed by atoms with Gasteiger partial charge in [0, 0.05) is 55.5 Å². The van der Waals surface area contributed by atoms with Crippen molar-refractivity contribution in [2.24, 2.45) is 0 Å². The molecule has 2 N–H and O–H groups in total. The van der Waals surface area contributed by atoms with E-state index >= 15 is 4.39 Å². The summed E-state index contributed by atoms with van der Waals surface area (Å²) in [5, 5.41) is 4.96. The summed E-state index contributed by atoms with van der Waals surface area (Å²) >= 11 is 0. The highest BCUT2D eigenvalue weighted by molar-refractivity contribution is 6.05. The number of rotatable bonds is 5. The van der Waals surface area contributed by atoms with E-state index in [-0.39, 0.29) is 55.5 Å². The number of hydrogen-bond acceptors (Lipinski definition) is 6. The third-order valence-corrected chi connectivity index (χ3v) is 7.73. The molecule has 214 valence electrons. The van der Waals surface area contributed by atoms with Gasteiger partial charge in [-0.05, 0) is 30.2 Å². The molecule has 3 aliphatic rings. The van der Waals surface area contributed by atoms with E-state index in [2.05, 4.69) is 15.6 Å². The maximum Gasteiger partial charge on any atom is 0.431 e. The average Bonchev–Trinajstić information content (AvgIpc) is 3.44. The van der Waals surface area contributed by atoms with E-state index in [0.29, 0.717) is 10.9 Å². The third kappa shape index (κ3) is 4.76. The lowest BCUT2D eigenvalue weighted by Crippen LogP contribution is -2.52. The molecule has 1 aromatic carbocycles. The van der Waals surface area contributed by atoms with Gasteiger partial charge in [0.15, 0.2) is 0 Å². The van der Waals surface area contributed by atoms with Crippen molar-refractivity contribution >= 4 is 34.8 Å². The van der Waals surface area contributed by atoms with Crippen LogP contribution in [0, 0.1) is 5.82 Å². The molecule has 1 atom stereocenters. The van der Waals surface area contributed by atoms with Crippen LogP contribution < -0.4 is 10.6 Å². The summed E-state index contributed by atoms with van der Waals surface area (Å²) in [4.78, 5) is 54.3. The van der Waals surface area contributed by atoms with Crippen molar-refractivity contribution in [3.63, 3.8) is 0 Å². The number of ether oxygens (including phenoxy) is 1. The molecule has 1 aliphatic carbocycles. The number of piperidine rings is 1. The molecule has 10 nitrogen and oxygen atoms in total. The highest BCUT2D eigenvalue weighted by Crippen LogP contribution is 2.42. The fourth-order valence-corrected chi connectivity index (χ4v) is 5.64. The van der Waals surface area contributed by atoms with Gasteiger partial charge in [-0.1, -0.05) is 12.1 Å². The lowest BCUT2D eigenvalue weighted by Gasteiger charge is -2.37. The Morgan fingerprint density at radius 1 is 1.17 bits per heavy atom. The fourth-order valence-electron chi connectivity index (χ4n) is 5.64.